The van der Waals surface area contributed by atoms with Crippen LogP contribution in [0.3, 0.4) is 0 Å². The first-order chi connectivity index (χ1) is 12.7. The predicted molar refractivity (Wildman–Crippen MR) is 97.4 cm³/mol. The van der Waals surface area contributed by atoms with E-state index in [0.29, 0.717) is 12.5 Å². The second-order valence-electron chi connectivity index (χ2n) is 7.63. The average molecular weight is 381 g/mol. The van der Waals surface area contributed by atoms with Crippen LogP contribution in [0.5, 0.6) is 0 Å². The Balaban J connectivity index is 1.98. The van der Waals surface area contributed by atoms with Gasteiger partial charge in [0.15, 0.2) is 11.5 Å². The lowest BCUT2D eigenvalue weighted by atomic mass is 10.0. The third-order valence-corrected chi connectivity index (χ3v) is 4.38. The highest BCUT2D eigenvalue weighted by molar-refractivity contribution is 5.93. The van der Waals surface area contributed by atoms with Crippen LogP contribution in [-0.2, 0) is 11.3 Å². The molecule has 2 N–H and O–H groups in total. The molecule has 0 saturated carbocycles. The Bertz CT molecular complexity index is 712. The normalized spacial score (nSPS) is 19.9. The second kappa shape index (κ2) is 9.07. The number of aliphatic hydroxyl groups excluding tert-OH is 1. The summed E-state index contributed by atoms with van der Waals surface area (Å²) in [7, 11) is 0. The third kappa shape index (κ3) is 5.85. The molecule has 1 saturated heterocycles. The fourth-order valence-electron chi connectivity index (χ4n) is 2.86. The van der Waals surface area contributed by atoms with Crippen molar-refractivity contribution in [3.05, 3.63) is 23.3 Å². The molecule has 1 aromatic rings. The lowest BCUT2D eigenvalue weighted by Gasteiger charge is -2.35. The van der Waals surface area contributed by atoms with E-state index in [4.69, 9.17) is 0 Å². The lowest BCUT2D eigenvalue weighted by Crippen LogP contribution is -2.54. The molecule has 1 aliphatic heterocycles. The van der Waals surface area contributed by atoms with E-state index in [1.165, 1.54) is 18.7 Å². The molecule has 2 atom stereocenters. The van der Waals surface area contributed by atoms with Crippen molar-refractivity contribution in [1.82, 2.24) is 25.2 Å². The zero-order chi connectivity index (χ0) is 20.1. The van der Waals surface area contributed by atoms with E-state index >= 15 is 0 Å². The van der Waals surface area contributed by atoms with Crippen molar-refractivity contribution in [3.8, 4) is 0 Å². The van der Waals surface area contributed by atoms with Gasteiger partial charge in [-0.3, -0.25) is 14.3 Å². The molecule has 0 aliphatic carbocycles. The molecule has 8 nitrogen and oxygen atoms in total. The molecule has 0 radical (unpaired) electrons. The Morgan fingerprint density at radius 1 is 1.37 bits per heavy atom. The number of aromatic nitrogens is 3. The van der Waals surface area contributed by atoms with Gasteiger partial charge in [0, 0.05) is 25.7 Å². The summed E-state index contributed by atoms with van der Waals surface area (Å²) in [5.41, 5.74) is 0.450. The highest BCUT2D eigenvalue weighted by atomic mass is 19.1. The first-order valence-electron chi connectivity index (χ1n) is 9.18. The topological polar surface area (TPSA) is 100 Å². The number of amides is 2. The monoisotopic (exact) mass is 381 g/mol. The molecule has 2 rings (SSSR count). The largest absolute Gasteiger partial charge is 0.391 e. The molecular weight excluding hydrogens is 353 g/mol. The van der Waals surface area contributed by atoms with Gasteiger partial charge in [0.1, 0.15) is 0 Å². The number of hydrogen-bond donors (Lipinski definition) is 2. The number of carbonyl (C=O) groups excluding carboxylic acids is 2. The smallest absolute Gasteiger partial charge is 0.282 e. The van der Waals surface area contributed by atoms with Crippen molar-refractivity contribution in [1.29, 1.82) is 0 Å². The van der Waals surface area contributed by atoms with Gasteiger partial charge in [0.25, 0.3) is 11.8 Å². The molecule has 2 heterocycles. The van der Waals surface area contributed by atoms with Gasteiger partial charge in [0.2, 0.25) is 0 Å². The molecule has 2 unspecified atom stereocenters. The minimum atomic E-state index is -0.834. The molecular formula is C18H28FN5O3. The van der Waals surface area contributed by atoms with Crippen LogP contribution in [0.1, 0.15) is 51.0 Å². The van der Waals surface area contributed by atoms with E-state index in [0.717, 1.165) is 6.42 Å². The second-order valence-corrected chi connectivity index (χ2v) is 7.63. The third-order valence-electron chi connectivity index (χ3n) is 4.38. The average Bonchev–Trinajstić information content (AvgIpc) is 3.07. The quantitative estimate of drug-likeness (QED) is 0.723. The maximum Gasteiger partial charge on any atom is 0.282 e. The zero-order valence-electron chi connectivity index (χ0n) is 16.3. The van der Waals surface area contributed by atoms with Gasteiger partial charge < -0.3 is 15.3 Å². The van der Waals surface area contributed by atoms with Crippen LogP contribution in [0.4, 0.5) is 4.39 Å². The molecule has 0 spiro atoms. The molecule has 2 amide bonds. The summed E-state index contributed by atoms with van der Waals surface area (Å²) in [5, 5.41) is 20.6. The number of carbonyl (C=O) groups is 2. The summed E-state index contributed by atoms with van der Waals surface area (Å²) in [6, 6.07) is -0.490. The van der Waals surface area contributed by atoms with Gasteiger partial charge in [-0.05, 0) is 38.2 Å². The maximum atomic E-state index is 13.9. The summed E-state index contributed by atoms with van der Waals surface area (Å²) in [5.74, 6) is -1.52. The molecule has 0 aromatic carbocycles. The van der Waals surface area contributed by atoms with E-state index < -0.39 is 29.8 Å². The summed E-state index contributed by atoms with van der Waals surface area (Å²) < 4.78 is 15.5. The number of nitrogens with zero attached hydrogens (tertiary/aromatic N) is 4. The molecule has 1 aromatic heterocycles. The van der Waals surface area contributed by atoms with E-state index in [2.05, 4.69) is 29.5 Å². The van der Waals surface area contributed by atoms with Crippen LogP contribution < -0.4 is 5.32 Å². The highest BCUT2D eigenvalue weighted by Crippen LogP contribution is 2.17. The number of piperidine rings is 1. The Morgan fingerprint density at radius 3 is 2.70 bits per heavy atom. The molecule has 1 fully saturated rings. The first-order valence-corrected chi connectivity index (χ1v) is 9.18. The Kier molecular flexibility index (Phi) is 7.06. The van der Waals surface area contributed by atoms with Crippen molar-refractivity contribution in [3.63, 3.8) is 0 Å². The Hall–Kier alpha value is -2.29. The number of halogens is 1. The zero-order valence-corrected chi connectivity index (χ0v) is 16.3. The van der Waals surface area contributed by atoms with Crippen LogP contribution in [-0.4, -0.2) is 62.0 Å². The molecule has 0 bridgehead atoms. The highest BCUT2D eigenvalue weighted by Gasteiger charge is 2.32. The van der Waals surface area contributed by atoms with Gasteiger partial charge in [0.05, 0.1) is 12.3 Å². The van der Waals surface area contributed by atoms with E-state index in [-0.39, 0.29) is 30.8 Å². The summed E-state index contributed by atoms with van der Waals surface area (Å²) in [6.07, 6.45) is 1.95. The fourth-order valence-corrected chi connectivity index (χ4v) is 2.86. The van der Waals surface area contributed by atoms with Crippen molar-refractivity contribution in [2.75, 3.05) is 13.1 Å². The predicted octanol–water partition coefficient (Wildman–Crippen LogP) is 1.28. The number of rotatable bonds is 6. The van der Waals surface area contributed by atoms with Crippen molar-refractivity contribution >= 4 is 11.8 Å². The van der Waals surface area contributed by atoms with Crippen molar-refractivity contribution in [2.45, 2.75) is 59.2 Å². The molecule has 27 heavy (non-hydrogen) atoms. The van der Waals surface area contributed by atoms with Gasteiger partial charge in [-0.25, -0.2) is 4.39 Å². The number of allylic oxidation sites excluding steroid dienone is 1. The minimum Gasteiger partial charge on any atom is -0.391 e. The number of β-amino-alcohol motifs (C(OH)–C–C–N with tert-alkyl or cyclic N) is 1. The molecule has 150 valence electrons. The minimum absolute atomic E-state index is 0.0390. The van der Waals surface area contributed by atoms with E-state index in [1.54, 1.807) is 10.9 Å². The van der Waals surface area contributed by atoms with Crippen LogP contribution in [0.25, 0.3) is 0 Å². The van der Waals surface area contributed by atoms with Crippen LogP contribution in [0.2, 0.25) is 0 Å². The number of hydrogen-bond acceptors (Lipinski definition) is 5. The van der Waals surface area contributed by atoms with E-state index in [1.807, 2.05) is 0 Å². The van der Waals surface area contributed by atoms with E-state index in [9.17, 15) is 19.1 Å². The SMILES string of the molecule is CC(C)=C(F)C(=O)N1CC(O)CC(NC(=O)c2cn(CCC(C)C)nn2)C1. The fraction of sp³-hybridized carbons (Fsp3) is 0.667. The van der Waals surface area contributed by atoms with Crippen molar-refractivity contribution < 1.29 is 19.1 Å². The Morgan fingerprint density at radius 2 is 2.07 bits per heavy atom. The van der Waals surface area contributed by atoms with Gasteiger partial charge in [-0.15, -0.1) is 5.10 Å². The van der Waals surface area contributed by atoms with Crippen LogP contribution in [0.15, 0.2) is 17.6 Å². The lowest BCUT2D eigenvalue weighted by molar-refractivity contribution is -0.132. The van der Waals surface area contributed by atoms with Crippen LogP contribution >= 0.6 is 0 Å². The van der Waals surface area contributed by atoms with Gasteiger partial charge >= 0.3 is 0 Å². The van der Waals surface area contributed by atoms with Gasteiger partial charge in [-0.2, -0.15) is 0 Å². The number of aliphatic hydroxyl groups is 1. The molecule has 1 aliphatic rings. The number of nitrogens with one attached hydrogen (secondary N) is 1. The standard InChI is InChI=1S/C18H28FN5O3/c1-11(2)5-6-24-10-15(21-22-24)17(26)20-13-7-14(25)9-23(8-13)18(27)16(19)12(3)4/h10-11,13-14,25H,5-9H2,1-4H3,(H,20,26). The summed E-state index contributed by atoms with van der Waals surface area (Å²) >= 11 is 0. The van der Waals surface area contributed by atoms with Crippen molar-refractivity contribution in [2.24, 2.45) is 5.92 Å². The number of likely N-dealkylation sites (tertiary alicyclic amines) is 1. The maximum absolute atomic E-state index is 13.9. The summed E-state index contributed by atoms with van der Waals surface area (Å²) in [4.78, 5) is 25.8. The summed E-state index contributed by atoms with van der Waals surface area (Å²) in [6.45, 7) is 8.06. The number of aryl methyl sites for hydroxylation is 1. The first kappa shape index (κ1) is 21.0. The van der Waals surface area contributed by atoms with Gasteiger partial charge in [-0.1, -0.05) is 19.1 Å². The Labute approximate surface area is 158 Å². The van der Waals surface area contributed by atoms with Crippen LogP contribution in [0, 0.1) is 5.92 Å². The molecule has 9 heteroatoms.